The van der Waals surface area contributed by atoms with Crippen molar-refractivity contribution in [1.29, 1.82) is 0 Å². The summed E-state index contributed by atoms with van der Waals surface area (Å²) < 4.78 is 0. The molecule has 0 aromatic carbocycles. The Morgan fingerprint density at radius 1 is 1.31 bits per heavy atom. The van der Waals surface area contributed by atoms with Gasteiger partial charge in [-0.3, -0.25) is 10.0 Å². The van der Waals surface area contributed by atoms with Crippen molar-refractivity contribution >= 4 is 11.9 Å². The molecule has 0 aromatic rings. The predicted molar refractivity (Wildman–Crippen MR) is 58.5 cm³/mol. The summed E-state index contributed by atoms with van der Waals surface area (Å²) in [6, 6.07) is 1.55. The fourth-order valence-corrected chi connectivity index (χ4v) is 3.68. The van der Waals surface area contributed by atoms with E-state index in [1.54, 1.807) is 11.9 Å². The first-order valence-corrected chi connectivity index (χ1v) is 6.26. The van der Waals surface area contributed by atoms with Gasteiger partial charge >= 0.3 is 0 Å². The predicted octanol–water partition coefficient (Wildman–Crippen LogP) is 1.85. The number of fused-ring (bicyclic) bond motifs is 2. The van der Waals surface area contributed by atoms with E-state index in [9.17, 15) is 0 Å². The quantitative estimate of drug-likeness (QED) is 0.690. The molecule has 0 spiro atoms. The van der Waals surface area contributed by atoms with Gasteiger partial charge in [-0.2, -0.15) is 0 Å². The van der Waals surface area contributed by atoms with E-state index in [1.165, 1.54) is 25.8 Å². The van der Waals surface area contributed by atoms with Crippen LogP contribution in [0.2, 0.25) is 0 Å². The van der Waals surface area contributed by atoms with Gasteiger partial charge in [0, 0.05) is 23.9 Å². The highest BCUT2D eigenvalue weighted by atomic mass is 32.2. The molecule has 0 amide bonds. The normalized spacial score (nSPS) is 40.2. The average Bonchev–Trinajstić information content (AvgIpc) is 2.41. The van der Waals surface area contributed by atoms with E-state index in [2.05, 4.69) is 18.7 Å². The van der Waals surface area contributed by atoms with E-state index in [1.807, 2.05) is 0 Å². The van der Waals surface area contributed by atoms with Crippen LogP contribution < -0.4 is 5.14 Å². The lowest BCUT2D eigenvalue weighted by molar-refractivity contribution is 0.199. The zero-order valence-corrected chi connectivity index (χ0v) is 9.39. The molecule has 2 N–H and O–H groups in total. The van der Waals surface area contributed by atoms with Crippen LogP contribution in [0.5, 0.6) is 0 Å². The molecule has 0 radical (unpaired) electrons. The van der Waals surface area contributed by atoms with Crippen LogP contribution in [0.3, 0.4) is 0 Å². The van der Waals surface area contributed by atoms with E-state index in [4.69, 9.17) is 5.14 Å². The lowest BCUT2D eigenvalue weighted by Crippen LogP contribution is -2.36. The molecule has 1 aliphatic heterocycles. The van der Waals surface area contributed by atoms with Crippen LogP contribution in [-0.2, 0) is 0 Å². The van der Waals surface area contributed by atoms with Crippen molar-refractivity contribution in [2.24, 2.45) is 11.1 Å². The topological polar surface area (TPSA) is 29.3 Å². The molecule has 2 aliphatic rings. The maximum absolute atomic E-state index is 5.68. The van der Waals surface area contributed by atoms with Crippen LogP contribution in [-0.4, -0.2) is 28.8 Å². The van der Waals surface area contributed by atoms with Crippen molar-refractivity contribution in [3.8, 4) is 0 Å². The lowest BCUT2D eigenvalue weighted by atomic mass is 9.90. The van der Waals surface area contributed by atoms with Gasteiger partial charge in [0.1, 0.15) is 0 Å². The number of rotatable bonds is 2. The third-order valence-corrected chi connectivity index (χ3v) is 4.30. The van der Waals surface area contributed by atoms with Crippen molar-refractivity contribution in [2.75, 3.05) is 6.54 Å². The minimum Gasteiger partial charge on any atom is -0.298 e. The monoisotopic (exact) mass is 200 g/mol. The first-order valence-electron chi connectivity index (χ1n) is 5.32. The molecule has 3 unspecified atom stereocenters. The van der Waals surface area contributed by atoms with E-state index in [0.29, 0.717) is 0 Å². The Morgan fingerprint density at radius 2 is 2.08 bits per heavy atom. The highest BCUT2D eigenvalue weighted by Crippen LogP contribution is 2.39. The molecule has 2 rings (SSSR count). The zero-order chi connectivity index (χ0) is 9.42. The van der Waals surface area contributed by atoms with Crippen LogP contribution in [0.4, 0.5) is 0 Å². The summed E-state index contributed by atoms with van der Waals surface area (Å²) in [6.45, 7) is 5.94. The Balaban J connectivity index is 2.00. The maximum atomic E-state index is 5.68. The Bertz CT molecular complexity index is 184. The molecule has 2 fully saturated rings. The third-order valence-electron chi connectivity index (χ3n) is 3.53. The van der Waals surface area contributed by atoms with Gasteiger partial charge in [-0.05, 0) is 39.0 Å². The maximum Gasteiger partial charge on any atom is 0.0208 e. The molecule has 3 atom stereocenters. The fraction of sp³-hybridized carbons (Fsp3) is 1.00. The van der Waals surface area contributed by atoms with Crippen molar-refractivity contribution in [3.63, 3.8) is 0 Å². The lowest BCUT2D eigenvalue weighted by Gasteiger charge is -2.30. The zero-order valence-electron chi connectivity index (χ0n) is 8.57. The van der Waals surface area contributed by atoms with Gasteiger partial charge in [0.2, 0.25) is 0 Å². The summed E-state index contributed by atoms with van der Waals surface area (Å²) in [5, 5.41) is 6.40. The number of hydrogen-bond acceptors (Lipinski definition) is 3. The Morgan fingerprint density at radius 3 is 2.69 bits per heavy atom. The number of hydrogen-bond donors (Lipinski definition) is 1. The largest absolute Gasteiger partial charge is 0.298 e. The van der Waals surface area contributed by atoms with Crippen molar-refractivity contribution in [2.45, 2.75) is 50.4 Å². The molecule has 76 valence electrons. The minimum absolute atomic E-state index is 0.719. The first-order chi connectivity index (χ1) is 6.20. The standard InChI is InChI=1S/C10H20N2S/c1-7(2)12-6-8-3-9(12)5-10(4-8)13-11/h7-10H,3-6,11H2,1-2H3. The Hall–Kier alpha value is 0.270. The van der Waals surface area contributed by atoms with E-state index < -0.39 is 0 Å². The molecule has 2 nitrogen and oxygen atoms in total. The van der Waals surface area contributed by atoms with Crippen LogP contribution >= 0.6 is 11.9 Å². The summed E-state index contributed by atoms with van der Waals surface area (Å²) in [6.07, 6.45) is 4.09. The number of nitrogens with two attached hydrogens (primary N) is 1. The average molecular weight is 200 g/mol. The fourth-order valence-electron chi connectivity index (χ4n) is 2.96. The molecule has 1 heterocycles. The second-order valence-corrected chi connectivity index (χ2v) is 5.71. The van der Waals surface area contributed by atoms with Crippen LogP contribution in [0, 0.1) is 5.92 Å². The van der Waals surface area contributed by atoms with Crippen LogP contribution in [0.15, 0.2) is 0 Å². The molecular weight excluding hydrogens is 180 g/mol. The van der Waals surface area contributed by atoms with E-state index in [0.717, 1.165) is 23.3 Å². The highest BCUT2D eigenvalue weighted by Gasteiger charge is 2.39. The second kappa shape index (κ2) is 3.79. The molecular formula is C10H20N2S. The van der Waals surface area contributed by atoms with Crippen LogP contribution in [0.25, 0.3) is 0 Å². The Labute approximate surface area is 85.4 Å². The van der Waals surface area contributed by atoms with Crippen molar-refractivity contribution < 1.29 is 0 Å². The summed E-state index contributed by atoms with van der Waals surface area (Å²) in [4.78, 5) is 2.67. The van der Waals surface area contributed by atoms with Gasteiger partial charge in [0.15, 0.2) is 0 Å². The molecule has 2 bridgehead atoms. The third kappa shape index (κ3) is 1.88. The summed E-state index contributed by atoms with van der Waals surface area (Å²) in [5.41, 5.74) is 0. The highest BCUT2D eigenvalue weighted by molar-refractivity contribution is 7.97. The van der Waals surface area contributed by atoms with Crippen molar-refractivity contribution in [1.82, 2.24) is 4.90 Å². The second-order valence-electron chi connectivity index (χ2n) is 4.78. The smallest absolute Gasteiger partial charge is 0.0208 e. The molecule has 0 aromatic heterocycles. The van der Waals surface area contributed by atoms with Gasteiger partial charge in [0.05, 0.1) is 0 Å². The van der Waals surface area contributed by atoms with E-state index >= 15 is 0 Å². The molecule has 3 heteroatoms. The number of nitrogens with zero attached hydrogens (tertiary/aromatic N) is 1. The molecule has 1 saturated carbocycles. The first kappa shape index (κ1) is 9.81. The van der Waals surface area contributed by atoms with E-state index in [-0.39, 0.29) is 0 Å². The van der Waals surface area contributed by atoms with Gasteiger partial charge in [-0.15, -0.1) is 0 Å². The summed E-state index contributed by atoms with van der Waals surface area (Å²) in [5.74, 6) is 0.933. The van der Waals surface area contributed by atoms with Gasteiger partial charge in [-0.25, -0.2) is 0 Å². The van der Waals surface area contributed by atoms with Gasteiger partial charge in [0.25, 0.3) is 0 Å². The molecule has 1 saturated heterocycles. The van der Waals surface area contributed by atoms with Crippen molar-refractivity contribution in [3.05, 3.63) is 0 Å². The summed E-state index contributed by atoms with van der Waals surface area (Å²) >= 11 is 1.58. The minimum atomic E-state index is 0.719. The van der Waals surface area contributed by atoms with Crippen LogP contribution in [0.1, 0.15) is 33.1 Å². The number of likely N-dealkylation sites (tertiary alicyclic amines) is 1. The Kier molecular flexibility index (Phi) is 2.86. The van der Waals surface area contributed by atoms with Gasteiger partial charge < -0.3 is 0 Å². The van der Waals surface area contributed by atoms with Gasteiger partial charge in [-0.1, -0.05) is 11.9 Å². The molecule has 1 aliphatic carbocycles. The molecule has 13 heavy (non-hydrogen) atoms. The summed E-state index contributed by atoms with van der Waals surface area (Å²) in [7, 11) is 0. The SMILES string of the molecule is CC(C)N1CC2CC(SN)CC1C2.